The van der Waals surface area contributed by atoms with Gasteiger partial charge in [0.15, 0.2) is 0 Å². The molecule has 2 fully saturated rings. The number of carbonyl (C=O) groups excluding carboxylic acids is 1. The fraction of sp³-hybridized carbons (Fsp3) is 0.846. The van der Waals surface area contributed by atoms with Crippen molar-refractivity contribution >= 4 is 11.9 Å². The van der Waals surface area contributed by atoms with Gasteiger partial charge >= 0.3 is 5.97 Å². The van der Waals surface area contributed by atoms with E-state index >= 15 is 0 Å². The Hall–Kier alpha value is -1.10. The molecule has 3 unspecified atom stereocenters. The van der Waals surface area contributed by atoms with Gasteiger partial charge in [0.2, 0.25) is 5.91 Å². The molecule has 0 spiro atoms. The summed E-state index contributed by atoms with van der Waals surface area (Å²) < 4.78 is 0. The molecular weight excluding hydrogens is 232 g/mol. The molecule has 0 aromatic rings. The van der Waals surface area contributed by atoms with Crippen LogP contribution >= 0.6 is 0 Å². The van der Waals surface area contributed by atoms with Crippen molar-refractivity contribution in [1.82, 2.24) is 4.90 Å². The van der Waals surface area contributed by atoms with Gasteiger partial charge in [-0.15, -0.1) is 0 Å². The summed E-state index contributed by atoms with van der Waals surface area (Å²) >= 11 is 0. The molecule has 2 aliphatic rings. The normalized spacial score (nSPS) is 36.7. The van der Waals surface area contributed by atoms with Crippen molar-refractivity contribution < 1.29 is 14.7 Å². The maximum atomic E-state index is 12.5. The van der Waals surface area contributed by atoms with E-state index in [0.29, 0.717) is 13.0 Å². The van der Waals surface area contributed by atoms with Crippen LogP contribution in [0.3, 0.4) is 0 Å². The summed E-state index contributed by atoms with van der Waals surface area (Å²) in [6.07, 6.45) is 5.05. The van der Waals surface area contributed by atoms with Crippen LogP contribution in [-0.2, 0) is 9.59 Å². The summed E-state index contributed by atoms with van der Waals surface area (Å²) in [7, 11) is 0. The van der Waals surface area contributed by atoms with E-state index in [4.69, 9.17) is 5.73 Å². The molecule has 3 N–H and O–H groups in total. The highest BCUT2D eigenvalue weighted by Crippen LogP contribution is 2.33. The number of amides is 1. The lowest BCUT2D eigenvalue weighted by Crippen LogP contribution is -2.55. The molecule has 0 bridgehead atoms. The maximum absolute atomic E-state index is 12.5. The Bertz CT molecular complexity index is 358. The monoisotopic (exact) mass is 254 g/mol. The second-order valence-electron chi connectivity index (χ2n) is 5.73. The van der Waals surface area contributed by atoms with Crippen molar-refractivity contribution in [1.29, 1.82) is 0 Å². The van der Waals surface area contributed by atoms with Gasteiger partial charge in [0.05, 0.1) is 5.92 Å². The summed E-state index contributed by atoms with van der Waals surface area (Å²) in [6, 6.07) is -0.107. The SMILES string of the molecule is CC1(C(=O)O)CCCN1C(=O)C1CCCCC1N. The molecular formula is C13H22N2O3. The van der Waals surface area contributed by atoms with E-state index in [2.05, 4.69) is 0 Å². The van der Waals surface area contributed by atoms with E-state index in [0.717, 1.165) is 32.1 Å². The van der Waals surface area contributed by atoms with Crippen molar-refractivity contribution in [3.05, 3.63) is 0 Å². The van der Waals surface area contributed by atoms with E-state index in [1.165, 1.54) is 0 Å². The van der Waals surface area contributed by atoms with Gasteiger partial charge in [-0.05, 0) is 32.6 Å². The second-order valence-corrected chi connectivity index (χ2v) is 5.73. The summed E-state index contributed by atoms with van der Waals surface area (Å²) in [4.78, 5) is 25.4. The first-order valence-corrected chi connectivity index (χ1v) is 6.77. The number of hydrogen-bond acceptors (Lipinski definition) is 3. The number of nitrogens with zero attached hydrogens (tertiary/aromatic N) is 1. The van der Waals surface area contributed by atoms with Gasteiger partial charge in [0, 0.05) is 12.6 Å². The molecule has 1 heterocycles. The Kier molecular flexibility index (Phi) is 3.61. The smallest absolute Gasteiger partial charge is 0.329 e. The zero-order valence-electron chi connectivity index (χ0n) is 10.9. The van der Waals surface area contributed by atoms with Crippen molar-refractivity contribution in [3.8, 4) is 0 Å². The summed E-state index contributed by atoms with van der Waals surface area (Å²) in [6.45, 7) is 2.19. The number of aliphatic carboxylic acids is 1. The number of rotatable bonds is 2. The first-order valence-electron chi connectivity index (χ1n) is 6.77. The van der Waals surface area contributed by atoms with Crippen LogP contribution in [0.25, 0.3) is 0 Å². The molecule has 1 saturated carbocycles. The minimum Gasteiger partial charge on any atom is -0.480 e. The molecule has 0 radical (unpaired) electrons. The number of carboxylic acids is 1. The first kappa shape index (κ1) is 13.3. The van der Waals surface area contributed by atoms with Gasteiger partial charge in [0.1, 0.15) is 5.54 Å². The highest BCUT2D eigenvalue weighted by molar-refractivity contribution is 5.88. The average Bonchev–Trinajstić information content (AvgIpc) is 2.72. The van der Waals surface area contributed by atoms with Crippen LogP contribution in [0.1, 0.15) is 45.4 Å². The lowest BCUT2D eigenvalue weighted by atomic mass is 9.83. The molecule has 102 valence electrons. The Morgan fingerprint density at radius 2 is 1.94 bits per heavy atom. The van der Waals surface area contributed by atoms with Crippen molar-refractivity contribution in [2.75, 3.05) is 6.54 Å². The van der Waals surface area contributed by atoms with Gasteiger partial charge in [-0.3, -0.25) is 4.79 Å². The summed E-state index contributed by atoms with van der Waals surface area (Å²) in [5, 5.41) is 9.33. The van der Waals surface area contributed by atoms with E-state index in [1.807, 2.05) is 0 Å². The van der Waals surface area contributed by atoms with E-state index in [1.54, 1.807) is 11.8 Å². The Morgan fingerprint density at radius 1 is 1.28 bits per heavy atom. The maximum Gasteiger partial charge on any atom is 0.329 e. The van der Waals surface area contributed by atoms with E-state index in [-0.39, 0.29) is 17.9 Å². The Morgan fingerprint density at radius 3 is 2.56 bits per heavy atom. The van der Waals surface area contributed by atoms with Gasteiger partial charge in [0.25, 0.3) is 0 Å². The number of carboxylic acid groups (broad SMARTS) is 1. The second kappa shape index (κ2) is 4.88. The molecule has 0 aromatic heterocycles. The molecule has 5 heteroatoms. The number of nitrogens with two attached hydrogens (primary N) is 1. The van der Waals surface area contributed by atoms with Crippen LogP contribution < -0.4 is 5.73 Å². The molecule has 1 amide bonds. The summed E-state index contributed by atoms with van der Waals surface area (Å²) in [5.74, 6) is -1.14. The quantitative estimate of drug-likeness (QED) is 0.769. The largest absolute Gasteiger partial charge is 0.480 e. The van der Waals surface area contributed by atoms with Crippen LogP contribution in [0, 0.1) is 5.92 Å². The molecule has 3 atom stereocenters. The van der Waals surface area contributed by atoms with Crippen LogP contribution in [0.15, 0.2) is 0 Å². The predicted molar refractivity (Wildman–Crippen MR) is 66.9 cm³/mol. The standard InChI is InChI=1S/C13H22N2O3/c1-13(12(17)18)7-4-8-15(13)11(16)9-5-2-3-6-10(9)14/h9-10H,2-8,14H2,1H3,(H,17,18). The van der Waals surface area contributed by atoms with Crippen LogP contribution in [0.4, 0.5) is 0 Å². The number of carbonyl (C=O) groups is 2. The highest BCUT2D eigenvalue weighted by Gasteiger charge is 2.48. The Labute approximate surface area is 107 Å². The topological polar surface area (TPSA) is 83.6 Å². The van der Waals surface area contributed by atoms with Crippen LogP contribution in [0.5, 0.6) is 0 Å². The first-order chi connectivity index (χ1) is 8.47. The lowest BCUT2D eigenvalue weighted by Gasteiger charge is -2.37. The molecule has 1 saturated heterocycles. The van der Waals surface area contributed by atoms with Gasteiger partial charge in [-0.1, -0.05) is 12.8 Å². The third-order valence-corrected chi connectivity index (χ3v) is 4.50. The van der Waals surface area contributed by atoms with Crippen molar-refractivity contribution in [2.24, 2.45) is 11.7 Å². The van der Waals surface area contributed by atoms with Crippen LogP contribution in [0.2, 0.25) is 0 Å². The van der Waals surface area contributed by atoms with Crippen LogP contribution in [-0.4, -0.2) is 40.0 Å². The number of hydrogen-bond donors (Lipinski definition) is 2. The molecule has 18 heavy (non-hydrogen) atoms. The molecule has 2 rings (SSSR count). The zero-order chi connectivity index (χ0) is 13.3. The molecule has 5 nitrogen and oxygen atoms in total. The van der Waals surface area contributed by atoms with Crippen molar-refractivity contribution in [3.63, 3.8) is 0 Å². The third-order valence-electron chi connectivity index (χ3n) is 4.50. The minimum absolute atomic E-state index is 0.0513. The fourth-order valence-corrected chi connectivity index (χ4v) is 3.21. The predicted octanol–water partition coefficient (Wildman–Crippen LogP) is 0.970. The van der Waals surface area contributed by atoms with E-state index < -0.39 is 11.5 Å². The molecule has 1 aliphatic carbocycles. The van der Waals surface area contributed by atoms with Gasteiger partial charge < -0.3 is 15.7 Å². The highest BCUT2D eigenvalue weighted by atomic mass is 16.4. The summed E-state index contributed by atoms with van der Waals surface area (Å²) in [5.41, 5.74) is 4.98. The molecule has 0 aromatic carbocycles. The van der Waals surface area contributed by atoms with E-state index in [9.17, 15) is 14.7 Å². The average molecular weight is 254 g/mol. The minimum atomic E-state index is -1.03. The van der Waals surface area contributed by atoms with Crippen molar-refractivity contribution in [2.45, 2.75) is 57.0 Å². The number of likely N-dealkylation sites (tertiary alicyclic amines) is 1. The Balaban J connectivity index is 2.15. The van der Waals surface area contributed by atoms with Gasteiger partial charge in [-0.25, -0.2) is 4.79 Å². The lowest BCUT2D eigenvalue weighted by molar-refractivity contribution is -0.157. The molecule has 1 aliphatic heterocycles. The zero-order valence-corrected chi connectivity index (χ0v) is 10.9. The van der Waals surface area contributed by atoms with Gasteiger partial charge in [-0.2, -0.15) is 0 Å². The third kappa shape index (κ3) is 2.11. The fourth-order valence-electron chi connectivity index (χ4n) is 3.21.